The number of pyridine rings is 2. The van der Waals surface area contributed by atoms with E-state index in [-0.39, 0.29) is 0 Å². The van der Waals surface area contributed by atoms with Crippen LogP contribution in [0.4, 0.5) is 17.1 Å². The number of para-hydroxylation sites is 7. The largest absolute Gasteiger partial charge is 0.454 e. The van der Waals surface area contributed by atoms with Gasteiger partial charge in [-0.15, -0.1) is 0 Å². The van der Waals surface area contributed by atoms with Gasteiger partial charge in [-0.1, -0.05) is 78.9 Å². The van der Waals surface area contributed by atoms with E-state index in [4.69, 9.17) is 19.4 Å². The van der Waals surface area contributed by atoms with Crippen LogP contribution in [0.25, 0.3) is 38.9 Å². The van der Waals surface area contributed by atoms with E-state index in [1.165, 1.54) is 0 Å². The number of benzene rings is 6. The summed E-state index contributed by atoms with van der Waals surface area (Å²) < 4.78 is 15.7. The SMILES string of the molecule is N#Cc1ccc2c(c1)c1ccccc1n2-c1cccc2c1Oc1ccccc1C21c2cccnc2-c2ncc(N3c4ccccc4Oc4ccccc43)cc21. The Kier molecular flexibility index (Phi) is 5.92. The fourth-order valence-electron chi connectivity index (χ4n) is 9.18. The molecule has 9 aromatic rings. The molecule has 0 amide bonds. The molecular weight excluding hydrogens is 679 g/mol. The van der Waals surface area contributed by atoms with Gasteiger partial charge in [-0.2, -0.15) is 5.26 Å². The van der Waals surface area contributed by atoms with Crippen molar-refractivity contribution in [2.75, 3.05) is 4.90 Å². The third kappa shape index (κ3) is 3.87. The number of rotatable bonds is 2. The first-order valence-electron chi connectivity index (χ1n) is 18.2. The predicted octanol–water partition coefficient (Wildman–Crippen LogP) is 11.5. The lowest BCUT2D eigenvalue weighted by atomic mass is 9.66. The van der Waals surface area contributed by atoms with Gasteiger partial charge in [0.15, 0.2) is 17.2 Å². The Morgan fingerprint density at radius 2 is 1.20 bits per heavy atom. The Balaban J connectivity index is 1.18. The Morgan fingerprint density at radius 1 is 0.527 bits per heavy atom. The van der Waals surface area contributed by atoms with E-state index in [0.29, 0.717) is 5.56 Å². The molecule has 1 aliphatic carbocycles. The molecule has 0 bridgehead atoms. The van der Waals surface area contributed by atoms with Gasteiger partial charge in [0.1, 0.15) is 5.75 Å². The maximum absolute atomic E-state index is 9.83. The highest BCUT2D eigenvalue weighted by atomic mass is 16.5. The van der Waals surface area contributed by atoms with Gasteiger partial charge in [0.05, 0.1) is 68.4 Å². The second kappa shape index (κ2) is 10.9. The summed E-state index contributed by atoms with van der Waals surface area (Å²) in [5, 5.41) is 11.9. The molecule has 0 N–H and O–H groups in total. The van der Waals surface area contributed by atoms with Crippen LogP contribution in [-0.4, -0.2) is 14.5 Å². The molecule has 5 heterocycles. The second-order valence-electron chi connectivity index (χ2n) is 14.1. The minimum Gasteiger partial charge on any atom is -0.454 e. The summed E-state index contributed by atoms with van der Waals surface area (Å²) in [5.74, 6) is 3.08. The summed E-state index contributed by atoms with van der Waals surface area (Å²) in [6.07, 6.45) is 3.80. The first-order valence-corrected chi connectivity index (χ1v) is 18.2. The second-order valence-corrected chi connectivity index (χ2v) is 14.1. The molecule has 7 nitrogen and oxygen atoms in total. The number of hydrogen-bond acceptors (Lipinski definition) is 6. The topological polar surface area (TPSA) is 76.2 Å². The van der Waals surface area contributed by atoms with Crippen LogP contribution in [0.15, 0.2) is 164 Å². The Morgan fingerprint density at radius 3 is 2.04 bits per heavy atom. The molecule has 7 heteroatoms. The molecule has 1 unspecified atom stereocenters. The van der Waals surface area contributed by atoms with E-state index in [2.05, 4.69) is 94.4 Å². The van der Waals surface area contributed by atoms with Crippen molar-refractivity contribution >= 4 is 38.9 Å². The van der Waals surface area contributed by atoms with Gasteiger partial charge in [-0.05, 0) is 78.4 Å². The minimum atomic E-state index is -0.819. The summed E-state index contributed by atoms with van der Waals surface area (Å²) in [4.78, 5) is 12.5. The molecule has 0 radical (unpaired) electrons. The van der Waals surface area contributed by atoms with Crippen LogP contribution in [0.2, 0.25) is 0 Å². The lowest BCUT2D eigenvalue weighted by Crippen LogP contribution is -2.33. The first kappa shape index (κ1) is 29.8. The number of hydrogen-bond donors (Lipinski definition) is 0. The number of anilines is 3. The molecule has 256 valence electrons. The number of fused-ring (bicyclic) bond motifs is 14. The molecule has 0 saturated carbocycles. The summed E-state index contributed by atoms with van der Waals surface area (Å²) in [7, 11) is 0. The van der Waals surface area contributed by atoms with Crippen LogP contribution < -0.4 is 14.4 Å². The molecule has 6 aromatic carbocycles. The third-order valence-electron chi connectivity index (χ3n) is 11.3. The van der Waals surface area contributed by atoms with E-state index >= 15 is 0 Å². The normalized spacial score (nSPS) is 15.6. The minimum absolute atomic E-state index is 0.620. The Labute approximate surface area is 315 Å². The fraction of sp³-hybridized carbons (Fsp3) is 0.0208. The zero-order chi connectivity index (χ0) is 36.3. The van der Waals surface area contributed by atoms with E-state index in [9.17, 15) is 5.26 Å². The highest BCUT2D eigenvalue weighted by molar-refractivity contribution is 6.10. The first-order chi connectivity index (χ1) is 27.2. The zero-order valence-corrected chi connectivity index (χ0v) is 29.1. The van der Waals surface area contributed by atoms with Gasteiger partial charge >= 0.3 is 0 Å². The van der Waals surface area contributed by atoms with Crippen molar-refractivity contribution in [3.8, 4) is 46.1 Å². The lowest BCUT2D eigenvalue weighted by molar-refractivity contribution is 0.434. The third-order valence-corrected chi connectivity index (χ3v) is 11.3. The van der Waals surface area contributed by atoms with Gasteiger partial charge < -0.3 is 18.9 Å². The highest BCUT2D eigenvalue weighted by Crippen LogP contribution is 2.63. The summed E-state index contributed by atoms with van der Waals surface area (Å²) in [5.41, 5.74) is 11.3. The van der Waals surface area contributed by atoms with Crippen LogP contribution in [-0.2, 0) is 5.41 Å². The standard InChI is InChI=1S/C48H27N5O2/c49-27-29-22-23-38-32(25-29)31-11-1-3-15-37(31)53(38)41-18-9-13-35-47(41)55-42-19-6-2-12-33(42)48(35)34-14-10-24-50-45(34)46-36(48)26-30(28-51-46)52-39-16-4-7-20-43(39)54-44-21-8-5-17-40(44)52/h1-26,28H. The monoisotopic (exact) mass is 705 g/mol. The van der Waals surface area contributed by atoms with Crippen LogP contribution >= 0.6 is 0 Å². The van der Waals surface area contributed by atoms with Crippen LogP contribution in [0.3, 0.4) is 0 Å². The number of ether oxygens (including phenoxy) is 2. The molecule has 1 spiro atoms. The quantitative estimate of drug-likeness (QED) is 0.178. The number of nitrogens with zero attached hydrogens (tertiary/aromatic N) is 5. The molecular formula is C48H27N5O2. The molecule has 3 aromatic heterocycles. The van der Waals surface area contributed by atoms with E-state index < -0.39 is 5.41 Å². The van der Waals surface area contributed by atoms with E-state index in [0.717, 1.165) is 101 Å². The Bertz CT molecular complexity index is 3110. The fourth-order valence-corrected chi connectivity index (χ4v) is 9.18. The molecule has 3 aliphatic rings. The maximum Gasteiger partial charge on any atom is 0.156 e. The zero-order valence-electron chi connectivity index (χ0n) is 29.1. The molecule has 0 saturated heterocycles. The average molecular weight is 706 g/mol. The maximum atomic E-state index is 9.83. The van der Waals surface area contributed by atoms with Crippen molar-refractivity contribution in [2.45, 2.75) is 5.41 Å². The molecule has 2 aliphatic heterocycles. The predicted molar refractivity (Wildman–Crippen MR) is 213 cm³/mol. The smallest absolute Gasteiger partial charge is 0.156 e. The molecule has 0 fully saturated rings. The Hall–Kier alpha value is -7.69. The molecule has 55 heavy (non-hydrogen) atoms. The average Bonchev–Trinajstić information content (AvgIpc) is 3.72. The van der Waals surface area contributed by atoms with E-state index in [1.54, 1.807) is 0 Å². The summed E-state index contributed by atoms with van der Waals surface area (Å²) in [6, 6.07) is 54.1. The van der Waals surface area contributed by atoms with Gasteiger partial charge in [-0.25, -0.2) is 0 Å². The van der Waals surface area contributed by atoms with E-state index in [1.807, 2.05) is 85.2 Å². The summed E-state index contributed by atoms with van der Waals surface area (Å²) in [6.45, 7) is 0. The van der Waals surface area contributed by atoms with Gasteiger partial charge in [-0.3, -0.25) is 9.97 Å². The highest BCUT2D eigenvalue weighted by Gasteiger charge is 2.53. The van der Waals surface area contributed by atoms with Gasteiger partial charge in [0, 0.05) is 33.7 Å². The number of aromatic nitrogens is 3. The van der Waals surface area contributed by atoms with Crippen LogP contribution in [0, 0.1) is 11.3 Å². The van der Waals surface area contributed by atoms with Crippen molar-refractivity contribution < 1.29 is 9.47 Å². The van der Waals surface area contributed by atoms with Crippen molar-refractivity contribution in [3.63, 3.8) is 0 Å². The number of nitriles is 1. The van der Waals surface area contributed by atoms with Crippen LogP contribution in [0.5, 0.6) is 23.0 Å². The van der Waals surface area contributed by atoms with Gasteiger partial charge in [0.2, 0.25) is 0 Å². The van der Waals surface area contributed by atoms with Crippen molar-refractivity contribution in [2.24, 2.45) is 0 Å². The van der Waals surface area contributed by atoms with Gasteiger partial charge in [0.25, 0.3) is 0 Å². The van der Waals surface area contributed by atoms with Crippen LogP contribution in [0.1, 0.15) is 27.8 Å². The lowest BCUT2D eigenvalue weighted by Gasteiger charge is -2.40. The molecule has 1 atom stereocenters. The van der Waals surface area contributed by atoms with Crippen molar-refractivity contribution in [1.29, 1.82) is 5.26 Å². The van der Waals surface area contributed by atoms with Crippen molar-refractivity contribution in [3.05, 3.63) is 192 Å². The van der Waals surface area contributed by atoms with Crippen molar-refractivity contribution in [1.82, 2.24) is 14.5 Å². The summed E-state index contributed by atoms with van der Waals surface area (Å²) >= 11 is 0. The molecule has 12 rings (SSSR count).